The zero-order chi connectivity index (χ0) is 15.7. The predicted octanol–water partition coefficient (Wildman–Crippen LogP) is 1.65. The second-order valence-electron chi connectivity index (χ2n) is 5.76. The molecular weight excluding hydrogens is 304 g/mol. The number of imidazole rings is 1. The smallest absolute Gasteiger partial charge is 0.317 e. The molecule has 7 nitrogen and oxygen atoms in total. The number of piperidine rings is 1. The molecule has 1 aliphatic heterocycles. The molecular formula is C14H18N4O3S. The van der Waals surface area contributed by atoms with Crippen LogP contribution in [0, 0.1) is 11.8 Å². The third kappa shape index (κ3) is 3.06. The van der Waals surface area contributed by atoms with E-state index in [1.54, 1.807) is 4.90 Å². The van der Waals surface area contributed by atoms with Crippen LogP contribution in [0.4, 0.5) is 4.79 Å². The average Bonchev–Trinajstić information content (AvgIpc) is 3.04. The number of aromatic nitrogens is 2. The van der Waals surface area contributed by atoms with Crippen molar-refractivity contribution in [2.75, 3.05) is 13.1 Å². The highest BCUT2D eigenvalue weighted by molar-refractivity contribution is 7.15. The van der Waals surface area contributed by atoms with Gasteiger partial charge in [0.25, 0.3) is 0 Å². The molecule has 2 unspecified atom stereocenters. The highest BCUT2D eigenvalue weighted by Gasteiger charge is 2.31. The molecule has 0 aromatic carbocycles. The van der Waals surface area contributed by atoms with Crippen molar-refractivity contribution in [3.8, 4) is 0 Å². The van der Waals surface area contributed by atoms with Gasteiger partial charge in [-0.3, -0.25) is 9.20 Å². The van der Waals surface area contributed by atoms with Crippen molar-refractivity contribution in [3.05, 3.63) is 23.5 Å². The summed E-state index contributed by atoms with van der Waals surface area (Å²) in [7, 11) is 0. The van der Waals surface area contributed by atoms with E-state index >= 15 is 0 Å². The first kappa shape index (κ1) is 14.8. The van der Waals surface area contributed by atoms with E-state index in [0.29, 0.717) is 19.5 Å². The predicted molar refractivity (Wildman–Crippen MR) is 81.8 cm³/mol. The lowest BCUT2D eigenvalue weighted by molar-refractivity contribution is -0.143. The highest BCUT2D eigenvalue weighted by atomic mass is 32.1. The van der Waals surface area contributed by atoms with Crippen molar-refractivity contribution in [1.29, 1.82) is 0 Å². The summed E-state index contributed by atoms with van der Waals surface area (Å²) in [5.74, 6) is -1.12. The van der Waals surface area contributed by atoms with E-state index in [1.807, 2.05) is 29.1 Å². The van der Waals surface area contributed by atoms with E-state index in [9.17, 15) is 9.59 Å². The van der Waals surface area contributed by atoms with Gasteiger partial charge in [-0.25, -0.2) is 9.78 Å². The summed E-state index contributed by atoms with van der Waals surface area (Å²) >= 11 is 1.54. The van der Waals surface area contributed by atoms with Gasteiger partial charge in [-0.2, -0.15) is 0 Å². The maximum atomic E-state index is 12.2. The number of nitrogens with one attached hydrogen (secondary N) is 1. The number of carbonyl (C=O) groups excluding carboxylic acids is 1. The van der Waals surface area contributed by atoms with Gasteiger partial charge < -0.3 is 15.3 Å². The van der Waals surface area contributed by atoms with Crippen LogP contribution in [0.1, 0.15) is 19.0 Å². The van der Waals surface area contributed by atoms with E-state index in [0.717, 1.165) is 10.7 Å². The number of hydrogen-bond acceptors (Lipinski definition) is 4. The Hall–Kier alpha value is -2.09. The van der Waals surface area contributed by atoms with Crippen LogP contribution in [0.2, 0.25) is 0 Å². The first-order chi connectivity index (χ1) is 10.5. The van der Waals surface area contributed by atoms with Gasteiger partial charge in [0.15, 0.2) is 4.96 Å². The van der Waals surface area contributed by atoms with Crippen LogP contribution in [-0.4, -0.2) is 44.5 Å². The van der Waals surface area contributed by atoms with Crippen LogP contribution in [0.15, 0.2) is 17.8 Å². The van der Waals surface area contributed by atoms with E-state index in [1.165, 1.54) is 11.3 Å². The second-order valence-corrected chi connectivity index (χ2v) is 6.64. The third-order valence-corrected chi connectivity index (χ3v) is 4.63. The van der Waals surface area contributed by atoms with E-state index in [2.05, 4.69) is 10.3 Å². The number of aliphatic carboxylic acids is 1. The molecule has 118 valence electrons. The first-order valence-electron chi connectivity index (χ1n) is 7.19. The molecule has 3 heterocycles. The fourth-order valence-corrected chi connectivity index (χ4v) is 3.55. The van der Waals surface area contributed by atoms with Crippen LogP contribution in [0.5, 0.6) is 0 Å². The second kappa shape index (κ2) is 5.96. The lowest BCUT2D eigenvalue weighted by Crippen LogP contribution is -2.49. The fraction of sp³-hybridized carbons (Fsp3) is 0.500. The maximum absolute atomic E-state index is 12.2. The molecule has 1 fully saturated rings. The minimum absolute atomic E-state index is 0.193. The number of carbonyl (C=O) groups is 2. The summed E-state index contributed by atoms with van der Waals surface area (Å²) in [6.07, 6.45) is 4.42. The first-order valence-corrected chi connectivity index (χ1v) is 8.07. The number of thiazole rings is 1. The van der Waals surface area contributed by atoms with Gasteiger partial charge in [-0.15, -0.1) is 11.3 Å². The molecule has 3 rings (SSSR count). The third-order valence-electron chi connectivity index (χ3n) is 3.86. The molecule has 2 amide bonds. The Labute approximate surface area is 131 Å². The Morgan fingerprint density at radius 2 is 2.32 bits per heavy atom. The number of likely N-dealkylation sites (tertiary alicyclic amines) is 1. The van der Waals surface area contributed by atoms with Crippen molar-refractivity contribution in [2.45, 2.75) is 19.9 Å². The minimum Gasteiger partial charge on any atom is -0.481 e. The Morgan fingerprint density at radius 3 is 3.05 bits per heavy atom. The molecule has 0 aliphatic carbocycles. The molecule has 0 bridgehead atoms. The van der Waals surface area contributed by atoms with Crippen molar-refractivity contribution < 1.29 is 14.7 Å². The molecule has 1 aliphatic rings. The lowest BCUT2D eigenvalue weighted by atomic mass is 9.91. The summed E-state index contributed by atoms with van der Waals surface area (Å²) in [5, 5.41) is 13.9. The standard InChI is InChI=1S/C14H18N4O3S/c1-9-4-10(12(19)20)7-18(6-9)13(21)15-5-11-8-17-2-3-22-14(17)16-11/h2-3,8-10H,4-7H2,1H3,(H,15,21)(H,19,20). The number of nitrogens with zero attached hydrogens (tertiary/aromatic N) is 3. The monoisotopic (exact) mass is 322 g/mol. The molecule has 2 aromatic heterocycles. The molecule has 2 aromatic rings. The van der Waals surface area contributed by atoms with Gasteiger partial charge >= 0.3 is 12.0 Å². The number of urea groups is 1. The Kier molecular flexibility index (Phi) is 4.02. The molecule has 1 saturated heterocycles. The molecule has 8 heteroatoms. The van der Waals surface area contributed by atoms with Crippen molar-refractivity contribution in [1.82, 2.24) is 19.6 Å². The molecule has 2 atom stereocenters. The van der Waals surface area contributed by atoms with Gasteiger partial charge in [0.2, 0.25) is 0 Å². The van der Waals surface area contributed by atoms with E-state index < -0.39 is 11.9 Å². The number of hydrogen-bond donors (Lipinski definition) is 2. The Balaban J connectivity index is 1.58. The largest absolute Gasteiger partial charge is 0.481 e. The number of carboxylic acids is 1. The summed E-state index contributed by atoms with van der Waals surface area (Å²) in [5.41, 5.74) is 0.792. The van der Waals surface area contributed by atoms with Gasteiger partial charge in [-0.05, 0) is 12.3 Å². The number of rotatable bonds is 3. The summed E-state index contributed by atoms with van der Waals surface area (Å²) < 4.78 is 1.91. The number of amides is 2. The topological polar surface area (TPSA) is 86.9 Å². The quantitative estimate of drug-likeness (QED) is 0.899. The van der Waals surface area contributed by atoms with Gasteiger partial charge in [0.1, 0.15) is 0 Å². The van der Waals surface area contributed by atoms with E-state index in [4.69, 9.17) is 5.11 Å². The normalized spacial score (nSPS) is 22.0. The average molecular weight is 322 g/mol. The van der Waals surface area contributed by atoms with Crippen molar-refractivity contribution in [3.63, 3.8) is 0 Å². The summed E-state index contributed by atoms with van der Waals surface area (Å²) in [4.78, 5) is 30.3. The van der Waals surface area contributed by atoms with Crippen LogP contribution in [-0.2, 0) is 11.3 Å². The van der Waals surface area contributed by atoms with Crippen molar-refractivity contribution >= 4 is 28.3 Å². The minimum atomic E-state index is -0.835. The van der Waals surface area contributed by atoms with Crippen molar-refractivity contribution in [2.24, 2.45) is 11.8 Å². The summed E-state index contributed by atoms with van der Waals surface area (Å²) in [6, 6.07) is -0.228. The van der Waals surface area contributed by atoms with Crippen LogP contribution in [0.25, 0.3) is 4.96 Å². The van der Waals surface area contributed by atoms with Gasteiger partial charge in [0, 0.05) is 30.9 Å². The van der Waals surface area contributed by atoms with Gasteiger partial charge in [0.05, 0.1) is 18.2 Å². The molecule has 0 radical (unpaired) electrons. The maximum Gasteiger partial charge on any atom is 0.317 e. The Morgan fingerprint density at radius 1 is 1.50 bits per heavy atom. The van der Waals surface area contributed by atoms with E-state index in [-0.39, 0.29) is 18.5 Å². The molecule has 0 spiro atoms. The Bertz CT molecular complexity index is 667. The summed E-state index contributed by atoms with van der Waals surface area (Å²) in [6.45, 7) is 3.17. The molecule has 0 saturated carbocycles. The number of carboxylic acid groups (broad SMARTS) is 1. The zero-order valence-corrected chi connectivity index (χ0v) is 13.0. The van der Waals surface area contributed by atoms with Crippen LogP contribution < -0.4 is 5.32 Å². The van der Waals surface area contributed by atoms with Gasteiger partial charge in [-0.1, -0.05) is 6.92 Å². The molecule has 22 heavy (non-hydrogen) atoms. The lowest BCUT2D eigenvalue weighted by Gasteiger charge is -2.34. The fourth-order valence-electron chi connectivity index (χ4n) is 2.84. The highest BCUT2D eigenvalue weighted by Crippen LogP contribution is 2.21. The SMILES string of the molecule is CC1CC(C(=O)O)CN(C(=O)NCc2cn3ccsc3n2)C1. The number of fused-ring (bicyclic) bond motifs is 1. The van der Waals surface area contributed by atoms with Crippen LogP contribution >= 0.6 is 11.3 Å². The van der Waals surface area contributed by atoms with Crippen LogP contribution in [0.3, 0.4) is 0 Å². The zero-order valence-electron chi connectivity index (χ0n) is 12.2. The molecule has 2 N–H and O–H groups in total.